The molecule has 0 amide bonds. The Bertz CT molecular complexity index is 395. The molecule has 1 aromatic heterocycles. The first-order valence-corrected chi connectivity index (χ1v) is 7.14. The Morgan fingerprint density at radius 1 is 1.17 bits per heavy atom. The minimum absolute atomic E-state index is 0.182. The molecule has 98 valence electrons. The van der Waals surface area contributed by atoms with Crippen molar-refractivity contribution in [3.05, 3.63) is 29.0 Å². The monoisotopic (exact) mass is 266 g/mol. The number of rotatable bonds is 2. The molecule has 2 heterocycles. The molecule has 0 bridgehead atoms. The van der Waals surface area contributed by atoms with Crippen LogP contribution in [0, 0.1) is 0 Å². The van der Waals surface area contributed by atoms with Crippen LogP contribution in [0.3, 0.4) is 0 Å². The maximum atomic E-state index is 5.90. The van der Waals surface area contributed by atoms with Gasteiger partial charge in [-0.1, -0.05) is 30.5 Å². The zero-order chi connectivity index (χ0) is 12.4. The first kappa shape index (κ1) is 12.4. The molecule has 0 radical (unpaired) electrons. The lowest BCUT2D eigenvalue weighted by Crippen LogP contribution is -2.50. The maximum Gasteiger partial charge on any atom is 0.129 e. The van der Waals surface area contributed by atoms with E-state index < -0.39 is 0 Å². The minimum Gasteiger partial charge on any atom is -0.379 e. The van der Waals surface area contributed by atoms with Crippen LogP contribution < -0.4 is 0 Å². The van der Waals surface area contributed by atoms with Crippen LogP contribution in [0.1, 0.15) is 31.2 Å². The van der Waals surface area contributed by atoms with Gasteiger partial charge >= 0.3 is 0 Å². The molecule has 0 spiro atoms. The molecule has 3 rings (SSSR count). The molecule has 1 aliphatic heterocycles. The summed E-state index contributed by atoms with van der Waals surface area (Å²) in [5.74, 6) is 0. The van der Waals surface area contributed by atoms with Crippen LogP contribution in [0.5, 0.6) is 0 Å². The summed E-state index contributed by atoms with van der Waals surface area (Å²) in [4.78, 5) is 6.86. The second kappa shape index (κ2) is 5.16. The third kappa shape index (κ3) is 2.15. The Kier molecular flexibility index (Phi) is 3.55. The van der Waals surface area contributed by atoms with Crippen LogP contribution >= 0.6 is 11.6 Å². The van der Waals surface area contributed by atoms with Gasteiger partial charge in [-0.25, -0.2) is 4.98 Å². The van der Waals surface area contributed by atoms with Crippen molar-refractivity contribution in [1.29, 1.82) is 0 Å². The number of morpholine rings is 1. The Labute approximate surface area is 113 Å². The summed E-state index contributed by atoms with van der Waals surface area (Å²) in [6.45, 7) is 3.76. The van der Waals surface area contributed by atoms with Crippen LogP contribution in [0.25, 0.3) is 0 Å². The number of hydrogen-bond acceptors (Lipinski definition) is 3. The van der Waals surface area contributed by atoms with Crippen molar-refractivity contribution in [1.82, 2.24) is 9.88 Å². The summed E-state index contributed by atoms with van der Waals surface area (Å²) >= 11 is 5.90. The average Bonchev–Trinajstić information content (AvgIpc) is 2.91. The van der Waals surface area contributed by atoms with Crippen LogP contribution in [0.4, 0.5) is 0 Å². The molecule has 1 aromatic rings. The van der Waals surface area contributed by atoms with Gasteiger partial charge < -0.3 is 4.74 Å². The van der Waals surface area contributed by atoms with Crippen molar-refractivity contribution < 1.29 is 4.74 Å². The highest BCUT2D eigenvalue weighted by Gasteiger charge is 2.41. The van der Waals surface area contributed by atoms with Crippen LogP contribution in [-0.4, -0.2) is 36.2 Å². The van der Waals surface area contributed by atoms with E-state index in [-0.39, 0.29) is 5.54 Å². The molecule has 1 saturated heterocycles. The number of nitrogens with zero attached hydrogens (tertiary/aromatic N) is 2. The molecule has 0 aromatic carbocycles. The molecular formula is C14H19ClN2O. The van der Waals surface area contributed by atoms with Gasteiger partial charge in [-0.2, -0.15) is 0 Å². The number of pyridine rings is 1. The second-order valence-electron chi connectivity index (χ2n) is 5.21. The molecule has 1 aliphatic carbocycles. The molecule has 2 fully saturated rings. The van der Waals surface area contributed by atoms with E-state index in [4.69, 9.17) is 16.3 Å². The third-order valence-electron chi connectivity index (χ3n) is 4.31. The van der Waals surface area contributed by atoms with Crippen molar-refractivity contribution in [2.45, 2.75) is 31.2 Å². The smallest absolute Gasteiger partial charge is 0.129 e. The fraction of sp³-hybridized carbons (Fsp3) is 0.643. The van der Waals surface area contributed by atoms with Gasteiger partial charge in [0.25, 0.3) is 0 Å². The lowest BCUT2D eigenvalue weighted by Gasteiger charge is -2.43. The van der Waals surface area contributed by atoms with Crippen LogP contribution in [-0.2, 0) is 10.3 Å². The lowest BCUT2D eigenvalue weighted by molar-refractivity contribution is -0.0232. The number of halogens is 1. The van der Waals surface area contributed by atoms with E-state index in [1.54, 1.807) is 0 Å². The van der Waals surface area contributed by atoms with Gasteiger partial charge in [-0.15, -0.1) is 0 Å². The maximum absolute atomic E-state index is 5.90. The molecule has 0 N–H and O–H groups in total. The van der Waals surface area contributed by atoms with E-state index in [0.717, 1.165) is 26.3 Å². The Hall–Kier alpha value is -0.640. The van der Waals surface area contributed by atoms with Gasteiger partial charge in [0.15, 0.2) is 0 Å². The van der Waals surface area contributed by atoms with Crippen LogP contribution in [0.2, 0.25) is 5.15 Å². The van der Waals surface area contributed by atoms with Crippen molar-refractivity contribution in [3.63, 3.8) is 0 Å². The first-order valence-electron chi connectivity index (χ1n) is 6.76. The van der Waals surface area contributed by atoms with Gasteiger partial charge in [0.05, 0.1) is 13.2 Å². The molecule has 18 heavy (non-hydrogen) atoms. The third-order valence-corrected chi connectivity index (χ3v) is 4.54. The molecule has 0 unspecified atom stereocenters. The summed E-state index contributed by atoms with van der Waals surface area (Å²) in [6, 6.07) is 4.06. The Morgan fingerprint density at radius 2 is 1.89 bits per heavy atom. The van der Waals surface area contributed by atoms with Crippen molar-refractivity contribution in [3.8, 4) is 0 Å². The van der Waals surface area contributed by atoms with Crippen molar-refractivity contribution >= 4 is 11.6 Å². The summed E-state index contributed by atoms with van der Waals surface area (Å²) in [6.07, 6.45) is 7.04. The van der Waals surface area contributed by atoms with Crippen molar-refractivity contribution in [2.24, 2.45) is 0 Å². The number of aromatic nitrogens is 1. The van der Waals surface area contributed by atoms with E-state index in [9.17, 15) is 0 Å². The molecule has 3 nitrogen and oxygen atoms in total. The highest BCUT2D eigenvalue weighted by molar-refractivity contribution is 6.29. The highest BCUT2D eigenvalue weighted by atomic mass is 35.5. The molecule has 0 atom stereocenters. The quantitative estimate of drug-likeness (QED) is 0.770. The van der Waals surface area contributed by atoms with Gasteiger partial charge in [0.2, 0.25) is 0 Å². The molecule has 4 heteroatoms. The lowest BCUT2D eigenvalue weighted by atomic mass is 9.87. The normalized spacial score (nSPS) is 24.3. The van der Waals surface area contributed by atoms with Gasteiger partial charge in [0, 0.05) is 24.8 Å². The molecule has 1 saturated carbocycles. The molecule has 2 aliphatic rings. The minimum atomic E-state index is 0.182. The van der Waals surface area contributed by atoms with E-state index in [1.165, 1.54) is 31.2 Å². The fourth-order valence-corrected chi connectivity index (χ4v) is 3.50. The Balaban J connectivity index is 1.92. The predicted octanol–water partition coefficient (Wildman–Crippen LogP) is 2.84. The zero-order valence-corrected chi connectivity index (χ0v) is 11.3. The number of hydrogen-bond donors (Lipinski definition) is 0. The van der Waals surface area contributed by atoms with Gasteiger partial charge in [-0.3, -0.25) is 4.90 Å². The van der Waals surface area contributed by atoms with E-state index >= 15 is 0 Å². The fourth-order valence-electron chi connectivity index (χ4n) is 3.39. The largest absolute Gasteiger partial charge is 0.379 e. The first-order chi connectivity index (χ1) is 8.81. The SMILES string of the molecule is Clc1ccc(C2(N3CCOCC3)CCCC2)cn1. The van der Waals surface area contributed by atoms with E-state index in [1.807, 2.05) is 12.3 Å². The van der Waals surface area contributed by atoms with Crippen molar-refractivity contribution in [2.75, 3.05) is 26.3 Å². The number of ether oxygens (including phenoxy) is 1. The zero-order valence-electron chi connectivity index (χ0n) is 10.6. The van der Waals surface area contributed by atoms with Gasteiger partial charge in [0.1, 0.15) is 5.15 Å². The highest BCUT2D eigenvalue weighted by Crippen LogP contribution is 2.44. The Morgan fingerprint density at radius 3 is 2.50 bits per heavy atom. The summed E-state index contributed by atoms with van der Waals surface area (Å²) in [7, 11) is 0. The van der Waals surface area contributed by atoms with Crippen LogP contribution in [0.15, 0.2) is 18.3 Å². The topological polar surface area (TPSA) is 25.4 Å². The van der Waals surface area contributed by atoms with E-state index in [0.29, 0.717) is 5.15 Å². The van der Waals surface area contributed by atoms with E-state index in [2.05, 4.69) is 16.0 Å². The summed E-state index contributed by atoms with van der Waals surface area (Å²) in [5, 5.41) is 0.578. The summed E-state index contributed by atoms with van der Waals surface area (Å²) < 4.78 is 5.48. The van der Waals surface area contributed by atoms with Gasteiger partial charge in [-0.05, 0) is 24.5 Å². The summed E-state index contributed by atoms with van der Waals surface area (Å²) in [5.41, 5.74) is 1.51. The predicted molar refractivity (Wildman–Crippen MR) is 71.8 cm³/mol. The average molecular weight is 267 g/mol. The second-order valence-corrected chi connectivity index (χ2v) is 5.59. The molecular weight excluding hydrogens is 248 g/mol. The standard InChI is InChI=1S/C14H19ClN2O/c15-13-4-3-12(11-16-13)14(5-1-2-6-14)17-7-9-18-10-8-17/h3-4,11H,1-2,5-10H2.